The summed E-state index contributed by atoms with van der Waals surface area (Å²) in [4.78, 5) is 31.3. The Kier molecular flexibility index (Phi) is 6.04. The number of piperazine rings is 1. The molecule has 0 bridgehead atoms. The van der Waals surface area contributed by atoms with Gasteiger partial charge in [-0.05, 0) is 37.3 Å². The zero-order chi connectivity index (χ0) is 20.4. The maximum Gasteiger partial charge on any atom is 0.323 e. The molecule has 0 aromatic heterocycles. The van der Waals surface area contributed by atoms with Crippen molar-refractivity contribution in [2.24, 2.45) is 5.92 Å². The fourth-order valence-electron chi connectivity index (χ4n) is 5.31. The molecule has 158 valence electrons. The van der Waals surface area contributed by atoms with E-state index in [-0.39, 0.29) is 30.3 Å². The van der Waals surface area contributed by atoms with Gasteiger partial charge in [-0.15, -0.1) is 0 Å². The number of carbonyl (C=O) groups is 2. The van der Waals surface area contributed by atoms with Crippen LogP contribution in [0, 0.1) is 11.7 Å². The Balaban J connectivity index is 1.38. The second-order valence-electron chi connectivity index (χ2n) is 8.38. The van der Waals surface area contributed by atoms with E-state index in [0.29, 0.717) is 43.8 Å². The van der Waals surface area contributed by atoms with Gasteiger partial charge in [0.05, 0.1) is 19.3 Å². The van der Waals surface area contributed by atoms with Gasteiger partial charge in [-0.3, -0.25) is 14.5 Å². The molecule has 3 aliphatic rings. The van der Waals surface area contributed by atoms with Crippen molar-refractivity contribution in [3.8, 4) is 0 Å². The molecule has 3 atom stereocenters. The Bertz CT molecular complexity index is 751. The molecular formula is C22H30FN3O3. The van der Waals surface area contributed by atoms with E-state index in [4.69, 9.17) is 4.74 Å². The van der Waals surface area contributed by atoms with Gasteiger partial charge in [0.2, 0.25) is 5.91 Å². The van der Waals surface area contributed by atoms with Crippen LogP contribution < -0.4 is 4.90 Å². The maximum atomic E-state index is 14.0. The minimum atomic E-state index is -0.309. The summed E-state index contributed by atoms with van der Waals surface area (Å²) in [5, 5.41) is 0. The Morgan fingerprint density at radius 3 is 2.55 bits per heavy atom. The third-order valence-electron chi connectivity index (χ3n) is 6.84. The molecule has 2 saturated heterocycles. The Morgan fingerprint density at radius 2 is 1.83 bits per heavy atom. The molecule has 1 aliphatic carbocycles. The highest BCUT2D eigenvalue weighted by Crippen LogP contribution is 2.40. The molecule has 0 N–H and O–H groups in total. The lowest BCUT2D eigenvalue weighted by Crippen LogP contribution is -2.53. The summed E-state index contributed by atoms with van der Waals surface area (Å²) in [5.74, 6) is 0.0852. The van der Waals surface area contributed by atoms with Crippen LogP contribution >= 0.6 is 0 Å². The monoisotopic (exact) mass is 403 g/mol. The smallest absolute Gasteiger partial charge is 0.323 e. The van der Waals surface area contributed by atoms with Crippen molar-refractivity contribution in [3.63, 3.8) is 0 Å². The third kappa shape index (κ3) is 4.10. The molecule has 6 nitrogen and oxygen atoms in total. The Labute approximate surface area is 171 Å². The maximum absolute atomic E-state index is 14.0. The van der Waals surface area contributed by atoms with Crippen molar-refractivity contribution in [3.05, 3.63) is 30.1 Å². The van der Waals surface area contributed by atoms with E-state index in [2.05, 4.69) is 4.90 Å². The zero-order valence-electron chi connectivity index (χ0n) is 17.1. The average molecular weight is 403 g/mol. The number of methoxy groups -OCH3 is 1. The van der Waals surface area contributed by atoms with Crippen LogP contribution in [0.25, 0.3) is 0 Å². The summed E-state index contributed by atoms with van der Waals surface area (Å²) in [5.41, 5.74) is 0.593. The lowest BCUT2D eigenvalue weighted by molar-refractivity contribution is -0.147. The minimum Gasteiger partial charge on any atom is -0.468 e. The number of halogens is 1. The molecule has 0 unspecified atom stereocenters. The lowest BCUT2D eigenvalue weighted by atomic mass is 9.85. The van der Waals surface area contributed by atoms with Gasteiger partial charge in [-0.2, -0.15) is 0 Å². The number of rotatable bonds is 4. The number of likely N-dealkylation sites (tertiary alicyclic amines) is 1. The minimum absolute atomic E-state index is 0.0540. The van der Waals surface area contributed by atoms with E-state index in [1.165, 1.54) is 19.6 Å². The number of hydrogen-bond acceptors (Lipinski definition) is 5. The number of nitrogens with zero attached hydrogens (tertiary/aromatic N) is 3. The van der Waals surface area contributed by atoms with E-state index < -0.39 is 0 Å². The molecule has 1 amide bonds. The van der Waals surface area contributed by atoms with Crippen LogP contribution in [0.3, 0.4) is 0 Å². The molecule has 2 aliphatic heterocycles. The summed E-state index contributed by atoms with van der Waals surface area (Å²) >= 11 is 0. The van der Waals surface area contributed by atoms with Crippen molar-refractivity contribution in [1.82, 2.24) is 9.80 Å². The molecule has 3 fully saturated rings. The first-order valence-electron chi connectivity index (χ1n) is 10.7. The highest BCUT2D eigenvalue weighted by molar-refractivity contribution is 5.81. The van der Waals surface area contributed by atoms with Gasteiger partial charge in [0.25, 0.3) is 0 Å². The number of fused-ring (bicyclic) bond motifs is 1. The van der Waals surface area contributed by atoms with Crippen molar-refractivity contribution >= 4 is 17.6 Å². The van der Waals surface area contributed by atoms with E-state index in [1.54, 1.807) is 12.1 Å². The topological polar surface area (TPSA) is 53.1 Å². The number of esters is 1. The first-order valence-corrected chi connectivity index (χ1v) is 10.7. The lowest BCUT2D eigenvalue weighted by Gasteiger charge is -2.38. The summed E-state index contributed by atoms with van der Waals surface area (Å²) in [6, 6.07) is 6.75. The van der Waals surface area contributed by atoms with Gasteiger partial charge in [0.15, 0.2) is 0 Å². The number of benzene rings is 1. The van der Waals surface area contributed by atoms with Gasteiger partial charge in [0.1, 0.15) is 11.9 Å². The van der Waals surface area contributed by atoms with Gasteiger partial charge in [0, 0.05) is 32.2 Å². The van der Waals surface area contributed by atoms with Crippen LogP contribution in [-0.2, 0) is 14.3 Å². The van der Waals surface area contributed by atoms with Crippen LogP contribution in [0.2, 0.25) is 0 Å². The molecule has 1 saturated carbocycles. The second-order valence-corrected chi connectivity index (χ2v) is 8.38. The second kappa shape index (κ2) is 8.69. The Hall–Kier alpha value is -2.15. The largest absolute Gasteiger partial charge is 0.468 e. The summed E-state index contributed by atoms with van der Waals surface area (Å²) in [6.45, 7) is 2.62. The molecule has 0 spiro atoms. The van der Waals surface area contributed by atoms with Crippen LogP contribution in [0.1, 0.15) is 32.1 Å². The zero-order valence-corrected chi connectivity index (χ0v) is 17.1. The van der Waals surface area contributed by atoms with Crippen LogP contribution in [0.4, 0.5) is 10.1 Å². The fourth-order valence-corrected chi connectivity index (χ4v) is 5.31. The number of anilines is 1. The quantitative estimate of drug-likeness (QED) is 0.722. The van der Waals surface area contributed by atoms with Crippen molar-refractivity contribution < 1.29 is 18.7 Å². The molecular weight excluding hydrogens is 373 g/mol. The average Bonchev–Trinajstić information content (AvgIpc) is 3.12. The number of hydrogen-bond donors (Lipinski definition) is 0. The molecule has 0 radical (unpaired) electrons. The highest BCUT2D eigenvalue weighted by Gasteiger charge is 2.46. The fraction of sp³-hybridized carbons (Fsp3) is 0.636. The van der Waals surface area contributed by atoms with Crippen LogP contribution in [-0.4, -0.2) is 73.6 Å². The van der Waals surface area contributed by atoms with Crippen molar-refractivity contribution in [1.29, 1.82) is 0 Å². The van der Waals surface area contributed by atoms with Gasteiger partial charge < -0.3 is 14.5 Å². The van der Waals surface area contributed by atoms with Crippen molar-refractivity contribution in [2.75, 3.05) is 44.7 Å². The summed E-state index contributed by atoms with van der Waals surface area (Å²) in [7, 11) is 1.42. The standard InChI is InChI=1S/C22H30FN3O3/c1-29-22(28)20-14-16-6-2-4-8-18(16)26(20)15-21(27)25-12-10-24(11-13-25)19-9-5-3-7-17(19)23/h3,5,7,9,16,18,20H,2,4,6,8,10-15H2,1H3/t16-,18-,20+/m0/s1. The molecule has 1 aromatic carbocycles. The first kappa shape index (κ1) is 20.1. The molecule has 2 heterocycles. The molecule has 1 aromatic rings. The Morgan fingerprint density at radius 1 is 1.10 bits per heavy atom. The van der Waals surface area contributed by atoms with Gasteiger partial charge >= 0.3 is 5.97 Å². The van der Waals surface area contributed by atoms with Crippen LogP contribution in [0.5, 0.6) is 0 Å². The van der Waals surface area contributed by atoms with E-state index in [9.17, 15) is 14.0 Å². The normalized spacial score (nSPS) is 27.6. The summed E-state index contributed by atoms with van der Waals surface area (Å²) in [6.07, 6.45) is 5.33. The van der Waals surface area contributed by atoms with Crippen LogP contribution in [0.15, 0.2) is 24.3 Å². The van der Waals surface area contributed by atoms with E-state index in [0.717, 1.165) is 25.7 Å². The van der Waals surface area contributed by atoms with E-state index in [1.807, 2.05) is 15.9 Å². The predicted octanol–water partition coefficient (Wildman–Crippen LogP) is 2.28. The van der Waals surface area contributed by atoms with E-state index >= 15 is 0 Å². The first-order chi connectivity index (χ1) is 14.1. The SMILES string of the molecule is COC(=O)[C@H]1C[C@@H]2CCCC[C@@H]2N1CC(=O)N1CCN(c2ccccc2F)CC1. The summed E-state index contributed by atoms with van der Waals surface area (Å²) < 4.78 is 19.1. The number of ether oxygens (including phenoxy) is 1. The van der Waals surface area contributed by atoms with Gasteiger partial charge in [-0.25, -0.2) is 4.39 Å². The number of para-hydroxylation sites is 1. The highest BCUT2D eigenvalue weighted by atomic mass is 19.1. The number of carbonyl (C=O) groups excluding carboxylic acids is 2. The third-order valence-corrected chi connectivity index (χ3v) is 6.84. The predicted molar refractivity (Wildman–Crippen MR) is 108 cm³/mol. The molecule has 4 rings (SSSR count). The molecule has 29 heavy (non-hydrogen) atoms. The van der Waals surface area contributed by atoms with Crippen molar-refractivity contribution in [2.45, 2.75) is 44.2 Å². The van der Waals surface area contributed by atoms with Gasteiger partial charge in [-0.1, -0.05) is 25.0 Å². The molecule has 7 heteroatoms. The number of amides is 1.